The molecule has 0 saturated heterocycles. The Labute approximate surface area is 129 Å². The van der Waals surface area contributed by atoms with Gasteiger partial charge in [-0.2, -0.15) is 11.8 Å². The second-order valence-corrected chi connectivity index (χ2v) is 5.92. The number of hydrogen-bond donors (Lipinski definition) is 2. The predicted molar refractivity (Wildman–Crippen MR) is 87.7 cm³/mol. The zero-order valence-corrected chi connectivity index (χ0v) is 13.4. The van der Waals surface area contributed by atoms with E-state index in [4.69, 9.17) is 5.11 Å². The molecule has 1 aromatic carbocycles. The lowest BCUT2D eigenvalue weighted by molar-refractivity contribution is -0.131. The molecule has 0 heterocycles. The highest BCUT2D eigenvalue weighted by Crippen LogP contribution is 2.13. The summed E-state index contributed by atoms with van der Waals surface area (Å²) >= 11 is 1.75. The molecular weight excluding hydrogens is 286 g/mol. The smallest absolute Gasteiger partial charge is 0.328 e. The zero-order chi connectivity index (χ0) is 15.8. The van der Waals surface area contributed by atoms with Crippen LogP contribution in [-0.2, 0) is 4.79 Å². The fraction of sp³-hybridized carbons (Fsp3) is 0.375. The van der Waals surface area contributed by atoms with E-state index >= 15 is 0 Å². The zero-order valence-electron chi connectivity index (χ0n) is 12.6. The van der Waals surface area contributed by atoms with E-state index in [1.807, 2.05) is 19.2 Å². The van der Waals surface area contributed by atoms with Crippen LogP contribution in [0.15, 0.2) is 24.3 Å². The summed E-state index contributed by atoms with van der Waals surface area (Å²) in [6.45, 7) is 4.60. The summed E-state index contributed by atoms with van der Waals surface area (Å²) in [5.41, 5.74) is 2.21. The molecule has 4 nitrogen and oxygen atoms in total. The van der Waals surface area contributed by atoms with Crippen LogP contribution in [-0.4, -0.2) is 35.5 Å². The monoisotopic (exact) mass is 307 g/mol. The number of amides is 1. The third-order valence-electron chi connectivity index (χ3n) is 3.01. The Kier molecular flexibility index (Phi) is 7.02. The van der Waals surface area contributed by atoms with Crippen molar-refractivity contribution in [3.63, 3.8) is 0 Å². The number of aryl methyl sites for hydroxylation is 1. The quantitative estimate of drug-likeness (QED) is 0.760. The van der Waals surface area contributed by atoms with Crippen LogP contribution in [0.2, 0.25) is 0 Å². The largest absolute Gasteiger partial charge is 0.478 e. The number of thioether (sulfide) groups is 1. The molecule has 0 aliphatic rings. The molecule has 21 heavy (non-hydrogen) atoms. The van der Waals surface area contributed by atoms with Gasteiger partial charge in [0.05, 0.1) is 0 Å². The van der Waals surface area contributed by atoms with E-state index in [1.165, 1.54) is 6.08 Å². The summed E-state index contributed by atoms with van der Waals surface area (Å²) in [6.07, 6.45) is 4.62. The number of carbonyl (C=O) groups excluding carboxylic acids is 1. The molecule has 0 aliphatic carbocycles. The van der Waals surface area contributed by atoms with Gasteiger partial charge in [-0.05, 0) is 54.2 Å². The van der Waals surface area contributed by atoms with Crippen LogP contribution in [0.5, 0.6) is 0 Å². The first-order chi connectivity index (χ1) is 9.93. The SMILES string of the molecule is CSCC(C)CNC(=O)c1ccc(C)c(/C=C/C(=O)O)c1. The van der Waals surface area contributed by atoms with E-state index in [1.54, 1.807) is 23.9 Å². The minimum atomic E-state index is -1.00. The summed E-state index contributed by atoms with van der Waals surface area (Å²) in [4.78, 5) is 22.7. The number of rotatable bonds is 7. The first-order valence-corrected chi connectivity index (χ1v) is 8.12. The van der Waals surface area contributed by atoms with Crippen molar-refractivity contribution in [2.24, 2.45) is 5.92 Å². The van der Waals surface area contributed by atoms with Crippen molar-refractivity contribution < 1.29 is 14.7 Å². The third-order valence-corrected chi connectivity index (χ3v) is 3.91. The number of carbonyl (C=O) groups is 2. The maximum Gasteiger partial charge on any atom is 0.328 e. The van der Waals surface area contributed by atoms with Crippen LogP contribution in [0.4, 0.5) is 0 Å². The summed E-state index contributed by atoms with van der Waals surface area (Å²) in [5, 5.41) is 11.6. The van der Waals surface area contributed by atoms with Crippen molar-refractivity contribution >= 4 is 29.7 Å². The van der Waals surface area contributed by atoms with Gasteiger partial charge in [0.15, 0.2) is 0 Å². The molecule has 0 aliphatic heterocycles. The average molecular weight is 307 g/mol. The maximum absolute atomic E-state index is 12.1. The Morgan fingerprint density at radius 3 is 2.76 bits per heavy atom. The minimum absolute atomic E-state index is 0.132. The van der Waals surface area contributed by atoms with E-state index in [2.05, 4.69) is 12.2 Å². The van der Waals surface area contributed by atoms with E-state index in [0.29, 0.717) is 18.0 Å². The van der Waals surface area contributed by atoms with Gasteiger partial charge in [-0.15, -0.1) is 0 Å². The molecule has 0 saturated carbocycles. The number of hydrogen-bond acceptors (Lipinski definition) is 3. The van der Waals surface area contributed by atoms with Gasteiger partial charge in [-0.3, -0.25) is 4.79 Å². The predicted octanol–water partition coefficient (Wildman–Crippen LogP) is 2.82. The first kappa shape index (κ1) is 17.3. The molecule has 1 amide bonds. The van der Waals surface area contributed by atoms with E-state index in [9.17, 15) is 9.59 Å². The molecule has 1 aromatic rings. The van der Waals surface area contributed by atoms with Gasteiger partial charge in [-0.25, -0.2) is 4.79 Å². The lowest BCUT2D eigenvalue weighted by Gasteiger charge is -2.12. The molecule has 1 unspecified atom stereocenters. The van der Waals surface area contributed by atoms with Crippen molar-refractivity contribution in [1.82, 2.24) is 5.32 Å². The molecule has 2 N–H and O–H groups in total. The Balaban J connectivity index is 2.77. The van der Waals surface area contributed by atoms with Crippen LogP contribution < -0.4 is 5.32 Å². The van der Waals surface area contributed by atoms with Gasteiger partial charge in [0.2, 0.25) is 0 Å². The van der Waals surface area contributed by atoms with Gasteiger partial charge < -0.3 is 10.4 Å². The highest BCUT2D eigenvalue weighted by molar-refractivity contribution is 7.98. The fourth-order valence-electron chi connectivity index (χ4n) is 1.83. The molecule has 114 valence electrons. The van der Waals surface area contributed by atoms with Crippen molar-refractivity contribution in [1.29, 1.82) is 0 Å². The normalized spacial score (nSPS) is 12.3. The molecule has 0 radical (unpaired) electrons. The van der Waals surface area contributed by atoms with Crippen molar-refractivity contribution in [2.45, 2.75) is 13.8 Å². The van der Waals surface area contributed by atoms with E-state index in [-0.39, 0.29) is 5.91 Å². The van der Waals surface area contributed by atoms with Crippen LogP contribution in [0, 0.1) is 12.8 Å². The molecule has 1 atom stereocenters. The fourth-order valence-corrected chi connectivity index (χ4v) is 2.52. The van der Waals surface area contributed by atoms with Crippen molar-refractivity contribution in [3.8, 4) is 0 Å². The number of benzene rings is 1. The van der Waals surface area contributed by atoms with Gasteiger partial charge in [0.1, 0.15) is 0 Å². The molecule has 5 heteroatoms. The molecule has 0 spiro atoms. The molecule has 0 bridgehead atoms. The Hall–Kier alpha value is -1.75. The van der Waals surface area contributed by atoms with E-state index in [0.717, 1.165) is 23.0 Å². The molecular formula is C16H21NO3S. The summed E-state index contributed by atoms with van der Waals surface area (Å²) < 4.78 is 0. The topological polar surface area (TPSA) is 66.4 Å². The van der Waals surface area contributed by atoms with Gasteiger partial charge in [0, 0.05) is 18.2 Å². The molecule has 1 rings (SSSR count). The molecule has 0 aromatic heterocycles. The van der Waals surface area contributed by atoms with Crippen LogP contribution in [0.25, 0.3) is 6.08 Å². The average Bonchev–Trinajstić information content (AvgIpc) is 2.44. The minimum Gasteiger partial charge on any atom is -0.478 e. The van der Waals surface area contributed by atoms with Crippen molar-refractivity contribution in [3.05, 3.63) is 41.0 Å². The Bertz CT molecular complexity index is 540. The Morgan fingerprint density at radius 2 is 2.14 bits per heavy atom. The number of nitrogens with one attached hydrogen (secondary N) is 1. The van der Waals surface area contributed by atoms with Gasteiger partial charge in [-0.1, -0.05) is 13.0 Å². The first-order valence-electron chi connectivity index (χ1n) is 6.72. The van der Waals surface area contributed by atoms with Gasteiger partial charge >= 0.3 is 5.97 Å². The lowest BCUT2D eigenvalue weighted by atomic mass is 10.0. The summed E-state index contributed by atoms with van der Waals surface area (Å²) in [5.74, 6) is 0.282. The Morgan fingerprint density at radius 1 is 1.43 bits per heavy atom. The van der Waals surface area contributed by atoms with Crippen molar-refractivity contribution in [2.75, 3.05) is 18.6 Å². The maximum atomic E-state index is 12.1. The summed E-state index contributed by atoms with van der Waals surface area (Å²) in [7, 11) is 0. The molecule has 0 fully saturated rings. The van der Waals surface area contributed by atoms with Gasteiger partial charge in [0.25, 0.3) is 5.91 Å². The van der Waals surface area contributed by atoms with E-state index < -0.39 is 5.97 Å². The number of carboxylic acid groups (broad SMARTS) is 1. The standard InChI is InChI=1S/C16H21NO3S/c1-11(10-21-3)9-17-16(20)14-5-4-12(2)13(8-14)6-7-15(18)19/h4-8,11H,9-10H2,1-3H3,(H,17,20)(H,18,19)/b7-6+. The highest BCUT2D eigenvalue weighted by atomic mass is 32.2. The van der Waals surface area contributed by atoms with Crippen LogP contribution in [0.3, 0.4) is 0 Å². The second-order valence-electron chi connectivity index (χ2n) is 5.01. The second kappa shape index (κ2) is 8.52. The van der Waals surface area contributed by atoms with Crippen LogP contribution >= 0.6 is 11.8 Å². The van der Waals surface area contributed by atoms with Crippen LogP contribution in [0.1, 0.15) is 28.4 Å². The lowest BCUT2D eigenvalue weighted by Crippen LogP contribution is -2.29. The summed E-state index contributed by atoms with van der Waals surface area (Å²) in [6, 6.07) is 5.28. The highest BCUT2D eigenvalue weighted by Gasteiger charge is 2.09. The number of carboxylic acids is 1. The number of aliphatic carboxylic acids is 1. The third kappa shape index (κ3) is 6.04.